The molecule has 0 N–H and O–H groups in total. The Balaban J connectivity index is 0.000000270. The second-order valence-electron chi connectivity index (χ2n) is 16.0. The highest BCUT2D eigenvalue weighted by atomic mass is 14.4. The summed E-state index contributed by atoms with van der Waals surface area (Å²) in [5.41, 5.74) is 10.4. The first-order valence-corrected chi connectivity index (χ1v) is 21.9. The molecule has 0 aromatic heterocycles. The maximum absolute atomic E-state index is 3.63. The van der Waals surface area contributed by atoms with Gasteiger partial charge in [-0.15, -0.1) is 0 Å². The summed E-state index contributed by atoms with van der Waals surface area (Å²) >= 11 is 0. The topological polar surface area (TPSA) is 0 Å². The van der Waals surface area contributed by atoms with E-state index in [1.54, 1.807) is 28.3 Å². The molecule has 58 heavy (non-hydrogen) atoms. The minimum absolute atomic E-state index is 0.492. The molecule has 0 saturated heterocycles. The van der Waals surface area contributed by atoms with Crippen molar-refractivity contribution < 1.29 is 0 Å². The Hall–Kier alpha value is -5.20. The molecule has 0 aliphatic heterocycles. The molecule has 7 rings (SSSR count). The molecule has 5 aromatic carbocycles. The van der Waals surface area contributed by atoms with E-state index in [9.17, 15) is 0 Å². The lowest BCUT2D eigenvalue weighted by atomic mass is 9.70. The molecule has 0 heteroatoms. The van der Waals surface area contributed by atoms with Crippen molar-refractivity contribution in [2.24, 2.45) is 17.8 Å². The summed E-state index contributed by atoms with van der Waals surface area (Å²) in [7, 11) is 0. The van der Waals surface area contributed by atoms with Gasteiger partial charge in [0.15, 0.2) is 0 Å². The van der Waals surface area contributed by atoms with Crippen LogP contribution in [0.25, 0.3) is 6.08 Å². The van der Waals surface area contributed by atoms with Crippen LogP contribution in [0.15, 0.2) is 195 Å². The maximum Gasteiger partial charge on any atom is -0.00505 e. The van der Waals surface area contributed by atoms with Gasteiger partial charge in [0.25, 0.3) is 0 Å². The lowest BCUT2D eigenvalue weighted by Gasteiger charge is -2.34. The molecule has 0 heterocycles. The smallest absolute Gasteiger partial charge is 0.00505 e. The average molecular weight is 767 g/mol. The number of fused-ring (bicyclic) bond motifs is 2. The summed E-state index contributed by atoms with van der Waals surface area (Å²) in [6.07, 6.45) is 25.6. The normalized spacial score (nSPS) is 16.9. The van der Waals surface area contributed by atoms with Crippen molar-refractivity contribution in [1.82, 2.24) is 0 Å². The van der Waals surface area contributed by atoms with E-state index in [1.807, 2.05) is 55.5 Å². The lowest BCUT2D eigenvalue weighted by Crippen LogP contribution is -2.21. The molecule has 0 saturated carbocycles. The summed E-state index contributed by atoms with van der Waals surface area (Å²) in [6.45, 7) is 18.1. The number of benzene rings is 5. The van der Waals surface area contributed by atoms with Crippen molar-refractivity contribution in [2.45, 2.75) is 97.3 Å². The second-order valence-corrected chi connectivity index (χ2v) is 16.0. The molecule has 0 radical (unpaired) electrons. The van der Waals surface area contributed by atoms with Crippen LogP contribution in [0.5, 0.6) is 0 Å². The molecule has 302 valence electrons. The first kappa shape index (κ1) is 45.5. The van der Waals surface area contributed by atoms with E-state index >= 15 is 0 Å². The molecule has 0 nitrogen and oxygen atoms in total. The molecule has 2 aliphatic rings. The summed E-state index contributed by atoms with van der Waals surface area (Å²) in [6, 6.07) is 50.6. The van der Waals surface area contributed by atoms with Crippen molar-refractivity contribution in [3.05, 3.63) is 234 Å². The van der Waals surface area contributed by atoms with E-state index in [-0.39, 0.29) is 0 Å². The van der Waals surface area contributed by atoms with Gasteiger partial charge in [-0.1, -0.05) is 222 Å². The van der Waals surface area contributed by atoms with Crippen molar-refractivity contribution in [2.75, 3.05) is 0 Å². The zero-order valence-electron chi connectivity index (χ0n) is 36.2. The van der Waals surface area contributed by atoms with E-state index in [2.05, 4.69) is 174 Å². The summed E-state index contributed by atoms with van der Waals surface area (Å²) in [4.78, 5) is 0. The third kappa shape index (κ3) is 14.6. The molecule has 0 fully saturated rings. The Labute approximate surface area is 353 Å². The Morgan fingerprint density at radius 2 is 1.17 bits per heavy atom. The average Bonchev–Trinajstić information content (AvgIpc) is 3.90. The molecule has 5 atom stereocenters. The van der Waals surface area contributed by atoms with Crippen molar-refractivity contribution >= 4 is 6.08 Å². The quantitative estimate of drug-likeness (QED) is 0.0827. The number of hydrogen-bond donors (Lipinski definition) is 0. The lowest BCUT2D eigenvalue weighted by molar-refractivity contribution is 0.330. The number of aryl methyl sites for hydroxylation is 2. The van der Waals surface area contributed by atoms with Gasteiger partial charge in [-0.2, -0.15) is 0 Å². The Morgan fingerprint density at radius 1 is 0.621 bits per heavy atom. The number of allylic oxidation sites excluding steroid dienone is 7. The second kappa shape index (κ2) is 25.9. The van der Waals surface area contributed by atoms with Gasteiger partial charge in [0.1, 0.15) is 0 Å². The molecular formula is C58H70. The van der Waals surface area contributed by atoms with Crippen LogP contribution in [0, 0.1) is 17.8 Å². The monoisotopic (exact) mass is 767 g/mol. The summed E-state index contributed by atoms with van der Waals surface area (Å²) < 4.78 is 0. The highest BCUT2D eigenvalue weighted by Gasteiger charge is 2.39. The zero-order chi connectivity index (χ0) is 41.4. The van der Waals surface area contributed by atoms with Crippen molar-refractivity contribution in [3.63, 3.8) is 0 Å². The fraction of sp³-hybridized carbons (Fsp3) is 0.310. The SMILES string of the molecule is C/C=C/C(/C=C/C(C)C)CC1Cc2ccccc2C1C(CC(CC)c1ccccc1)c1ccccc1.C=C/C=C/C.C=Cc1ccccc1.c1ccc2c(c1)CCC2. The van der Waals surface area contributed by atoms with Crippen LogP contribution in [-0.2, 0) is 19.3 Å². The van der Waals surface area contributed by atoms with Gasteiger partial charge in [0.05, 0.1) is 0 Å². The van der Waals surface area contributed by atoms with E-state index in [0.29, 0.717) is 35.5 Å². The largest absolute Gasteiger partial charge is 0.0991 e. The Kier molecular flexibility index (Phi) is 20.3. The summed E-state index contributed by atoms with van der Waals surface area (Å²) in [5.74, 6) is 3.33. The first-order chi connectivity index (χ1) is 28.4. The highest BCUT2D eigenvalue weighted by molar-refractivity contribution is 5.46. The molecule has 5 aromatic rings. The molecule has 0 bridgehead atoms. The van der Waals surface area contributed by atoms with Gasteiger partial charge in [-0.25, -0.2) is 0 Å². The van der Waals surface area contributed by atoms with Gasteiger partial charge < -0.3 is 0 Å². The molecule has 0 spiro atoms. The van der Waals surface area contributed by atoms with Crippen LogP contribution in [0.2, 0.25) is 0 Å². The molecular weight excluding hydrogens is 697 g/mol. The van der Waals surface area contributed by atoms with Crippen LogP contribution in [0.3, 0.4) is 0 Å². The number of hydrogen-bond acceptors (Lipinski definition) is 0. The summed E-state index contributed by atoms with van der Waals surface area (Å²) in [5, 5.41) is 0. The molecule has 5 unspecified atom stereocenters. The van der Waals surface area contributed by atoms with Gasteiger partial charge in [-0.05, 0) is 133 Å². The van der Waals surface area contributed by atoms with Gasteiger partial charge in [0.2, 0.25) is 0 Å². The van der Waals surface area contributed by atoms with Gasteiger partial charge in [-0.3, -0.25) is 0 Å². The number of rotatable bonds is 13. The fourth-order valence-electron chi connectivity index (χ4n) is 8.67. The minimum atomic E-state index is 0.492. The third-order valence-electron chi connectivity index (χ3n) is 11.5. The van der Waals surface area contributed by atoms with Crippen LogP contribution in [-0.4, -0.2) is 0 Å². The zero-order valence-corrected chi connectivity index (χ0v) is 36.2. The van der Waals surface area contributed by atoms with E-state index in [4.69, 9.17) is 0 Å². The molecule has 2 aliphatic carbocycles. The standard InChI is InChI=1S/C36H44.C9H10.C8H8.C5H8/c1-5-15-28(23-22-27(3)4)24-33-25-32-20-13-14-21-34(32)36(33)35(31-18-11-8-12-19-31)26-29(6-2)30-16-9-7-10-17-30;1-2-5-9-7-3-6-8(9)4-1;1-2-8-6-4-3-5-7-8;1-3-5-4-2/h5,7-23,27-29,33,35-36H,6,24-26H2,1-4H3;1-2,4-5H,3,6-7H2;2-7H,1H2;3-5H,1H2,2H3/b15-5+,23-22+;;;5-4+. The Bertz CT molecular complexity index is 1940. The van der Waals surface area contributed by atoms with Gasteiger partial charge >= 0.3 is 0 Å². The van der Waals surface area contributed by atoms with Crippen molar-refractivity contribution in [3.8, 4) is 0 Å². The fourth-order valence-corrected chi connectivity index (χ4v) is 8.67. The van der Waals surface area contributed by atoms with Gasteiger partial charge in [0, 0.05) is 0 Å². The van der Waals surface area contributed by atoms with Crippen LogP contribution >= 0.6 is 0 Å². The Morgan fingerprint density at radius 3 is 1.67 bits per heavy atom. The predicted octanol–water partition coefficient (Wildman–Crippen LogP) is 16.4. The van der Waals surface area contributed by atoms with E-state index in [1.165, 1.54) is 61.6 Å². The highest BCUT2D eigenvalue weighted by Crippen LogP contribution is 2.52. The van der Waals surface area contributed by atoms with E-state index < -0.39 is 0 Å². The van der Waals surface area contributed by atoms with Crippen LogP contribution < -0.4 is 0 Å². The van der Waals surface area contributed by atoms with Crippen molar-refractivity contribution in [1.29, 1.82) is 0 Å². The predicted molar refractivity (Wildman–Crippen MR) is 257 cm³/mol. The van der Waals surface area contributed by atoms with Crippen LogP contribution in [0.1, 0.15) is 117 Å². The first-order valence-electron chi connectivity index (χ1n) is 21.9. The maximum atomic E-state index is 3.63. The van der Waals surface area contributed by atoms with Crippen LogP contribution in [0.4, 0.5) is 0 Å². The molecule has 0 amide bonds. The van der Waals surface area contributed by atoms with E-state index in [0.717, 1.165) is 0 Å². The minimum Gasteiger partial charge on any atom is -0.0991 e. The third-order valence-corrected chi connectivity index (χ3v) is 11.5.